The van der Waals surface area contributed by atoms with Crippen LogP contribution in [0.25, 0.3) is 0 Å². The monoisotopic (exact) mass is 264 g/mol. The van der Waals surface area contributed by atoms with Crippen molar-refractivity contribution in [1.82, 2.24) is 9.88 Å². The van der Waals surface area contributed by atoms with Crippen LogP contribution in [-0.4, -0.2) is 46.9 Å². The Morgan fingerprint density at radius 1 is 1.32 bits per heavy atom. The molecule has 19 heavy (non-hydrogen) atoms. The first-order chi connectivity index (χ1) is 9.08. The van der Waals surface area contributed by atoms with E-state index in [1.807, 2.05) is 9.80 Å². The number of carbonyl (C=O) groups is 1. The second-order valence-corrected chi connectivity index (χ2v) is 4.48. The van der Waals surface area contributed by atoms with Crippen molar-refractivity contribution in [3.05, 3.63) is 28.4 Å². The van der Waals surface area contributed by atoms with E-state index in [1.54, 1.807) is 13.0 Å². The van der Waals surface area contributed by atoms with E-state index >= 15 is 0 Å². The van der Waals surface area contributed by atoms with Crippen molar-refractivity contribution in [2.24, 2.45) is 0 Å². The van der Waals surface area contributed by atoms with Crippen molar-refractivity contribution in [2.45, 2.75) is 13.3 Å². The second kappa shape index (κ2) is 5.64. The molecule has 1 fully saturated rings. The molecular weight excluding hydrogens is 248 g/mol. The molecule has 0 N–H and O–H groups in total. The van der Waals surface area contributed by atoms with Gasteiger partial charge in [0, 0.05) is 39.2 Å². The highest BCUT2D eigenvalue weighted by Gasteiger charge is 2.18. The molecule has 1 aromatic heterocycles. The number of amides is 1. The van der Waals surface area contributed by atoms with Crippen LogP contribution in [0.3, 0.4) is 0 Å². The largest absolute Gasteiger partial charge is 0.355 e. The van der Waals surface area contributed by atoms with Gasteiger partial charge in [0.15, 0.2) is 0 Å². The van der Waals surface area contributed by atoms with Gasteiger partial charge in [-0.2, -0.15) is 0 Å². The Labute approximate surface area is 111 Å². The van der Waals surface area contributed by atoms with Gasteiger partial charge in [-0.05, 0) is 12.5 Å². The number of aromatic nitrogens is 1. The molecule has 0 spiro atoms. The van der Waals surface area contributed by atoms with Crippen LogP contribution >= 0.6 is 0 Å². The summed E-state index contributed by atoms with van der Waals surface area (Å²) in [6, 6.07) is 3.11. The minimum Gasteiger partial charge on any atom is -0.355 e. The number of carbonyl (C=O) groups excluding carboxylic acids is 1. The molecule has 2 rings (SSSR count). The highest BCUT2D eigenvalue weighted by atomic mass is 16.6. The van der Waals surface area contributed by atoms with Crippen molar-refractivity contribution in [3.8, 4) is 0 Å². The van der Waals surface area contributed by atoms with Crippen LogP contribution in [0.4, 0.5) is 11.5 Å². The van der Waals surface area contributed by atoms with E-state index in [0.29, 0.717) is 13.1 Å². The fraction of sp³-hybridized carbons (Fsp3) is 0.500. The molecule has 0 saturated carbocycles. The van der Waals surface area contributed by atoms with Crippen LogP contribution in [0.2, 0.25) is 0 Å². The quantitative estimate of drug-likeness (QED) is 0.589. The molecular formula is C12H16N4O3. The number of rotatable bonds is 2. The molecule has 0 atom stereocenters. The summed E-state index contributed by atoms with van der Waals surface area (Å²) in [6.45, 7) is 4.48. The smallest absolute Gasteiger partial charge is 0.287 e. The lowest BCUT2D eigenvalue weighted by atomic mass is 10.3. The minimum absolute atomic E-state index is 0.0102. The van der Waals surface area contributed by atoms with E-state index in [9.17, 15) is 14.9 Å². The van der Waals surface area contributed by atoms with Crippen molar-refractivity contribution < 1.29 is 9.72 Å². The Balaban J connectivity index is 2.05. The standard InChI is InChI=1S/C12H16N4O3/c1-10(17)14-5-2-6-15(8-7-14)12-4-3-11(9-13-12)16(18)19/h3-4,9H,2,5-8H2,1H3. The van der Waals surface area contributed by atoms with Crippen molar-refractivity contribution >= 4 is 17.4 Å². The Bertz CT molecular complexity index is 474. The van der Waals surface area contributed by atoms with Crippen molar-refractivity contribution in [1.29, 1.82) is 0 Å². The number of pyridine rings is 1. The predicted octanol–water partition coefficient (Wildman–Crippen LogP) is 1.05. The van der Waals surface area contributed by atoms with Gasteiger partial charge in [-0.25, -0.2) is 4.98 Å². The molecule has 0 aliphatic carbocycles. The number of hydrogen-bond donors (Lipinski definition) is 0. The zero-order valence-corrected chi connectivity index (χ0v) is 10.8. The fourth-order valence-electron chi connectivity index (χ4n) is 2.13. The van der Waals surface area contributed by atoms with Gasteiger partial charge in [0.25, 0.3) is 5.69 Å². The number of nitrogens with zero attached hydrogens (tertiary/aromatic N) is 4. The molecule has 2 heterocycles. The Hall–Kier alpha value is -2.18. The zero-order valence-electron chi connectivity index (χ0n) is 10.8. The highest BCUT2D eigenvalue weighted by Crippen LogP contribution is 2.17. The summed E-state index contributed by atoms with van der Waals surface area (Å²) in [4.78, 5) is 29.4. The van der Waals surface area contributed by atoms with Gasteiger partial charge in [-0.15, -0.1) is 0 Å². The predicted molar refractivity (Wildman–Crippen MR) is 70.0 cm³/mol. The van der Waals surface area contributed by atoms with Crippen LogP contribution in [-0.2, 0) is 4.79 Å². The van der Waals surface area contributed by atoms with Crippen LogP contribution in [0, 0.1) is 10.1 Å². The third-order valence-electron chi connectivity index (χ3n) is 3.21. The lowest BCUT2D eigenvalue weighted by Gasteiger charge is -2.21. The molecule has 1 saturated heterocycles. The van der Waals surface area contributed by atoms with E-state index in [2.05, 4.69) is 4.98 Å². The number of nitro groups is 1. The zero-order chi connectivity index (χ0) is 13.8. The van der Waals surface area contributed by atoms with Crippen molar-refractivity contribution in [3.63, 3.8) is 0 Å². The fourth-order valence-corrected chi connectivity index (χ4v) is 2.13. The van der Waals surface area contributed by atoms with Crippen molar-refractivity contribution in [2.75, 3.05) is 31.1 Å². The molecule has 0 unspecified atom stereocenters. The number of hydrogen-bond acceptors (Lipinski definition) is 5. The maximum Gasteiger partial charge on any atom is 0.287 e. The van der Waals surface area contributed by atoms with Gasteiger partial charge < -0.3 is 9.80 Å². The third kappa shape index (κ3) is 3.18. The normalized spacial score (nSPS) is 16.1. The summed E-state index contributed by atoms with van der Waals surface area (Å²) >= 11 is 0. The maximum absolute atomic E-state index is 11.3. The molecule has 0 bridgehead atoms. The first kappa shape index (κ1) is 13.3. The minimum atomic E-state index is -0.462. The molecule has 0 radical (unpaired) electrons. The first-order valence-electron chi connectivity index (χ1n) is 6.19. The summed E-state index contributed by atoms with van der Waals surface area (Å²) < 4.78 is 0. The van der Waals surface area contributed by atoms with Gasteiger partial charge in [-0.3, -0.25) is 14.9 Å². The number of anilines is 1. The van der Waals surface area contributed by atoms with E-state index in [-0.39, 0.29) is 11.6 Å². The van der Waals surface area contributed by atoms with Gasteiger partial charge in [-0.1, -0.05) is 0 Å². The van der Waals surface area contributed by atoms with Crippen LogP contribution in [0.1, 0.15) is 13.3 Å². The molecule has 7 nitrogen and oxygen atoms in total. The van der Waals surface area contributed by atoms with Gasteiger partial charge >= 0.3 is 0 Å². The Morgan fingerprint density at radius 2 is 2.11 bits per heavy atom. The first-order valence-corrected chi connectivity index (χ1v) is 6.19. The van der Waals surface area contributed by atoms with E-state index in [4.69, 9.17) is 0 Å². The van der Waals surface area contributed by atoms with E-state index < -0.39 is 4.92 Å². The lowest BCUT2D eigenvalue weighted by Crippen LogP contribution is -2.33. The van der Waals surface area contributed by atoms with Gasteiger partial charge in [0.1, 0.15) is 12.0 Å². The molecule has 0 aromatic carbocycles. The molecule has 1 aliphatic heterocycles. The van der Waals surface area contributed by atoms with E-state index in [1.165, 1.54) is 12.3 Å². The van der Waals surface area contributed by atoms with Gasteiger partial charge in [0.05, 0.1) is 4.92 Å². The SMILES string of the molecule is CC(=O)N1CCCN(c2ccc([N+](=O)[O-])cn2)CC1. The maximum atomic E-state index is 11.3. The summed E-state index contributed by atoms with van der Waals surface area (Å²) in [5, 5.41) is 10.6. The average Bonchev–Trinajstić information content (AvgIpc) is 2.64. The highest BCUT2D eigenvalue weighted by molar-refractivity contribution is 5.73. The molecule has 1 aliphatic rings. The van der Waals surface area contributed by atoms with Crippen LogP contribution in [0.5, 0.6) is 0 Å². The van der Waals surface area contributed by atoms with Gasteiger partial charge in [0.2, 0.25) is 5.91 Å². The van der Waals surface area contributed by atoms with Crippen LogP contribution in [0.15, 0.2) is 18.3 Å². The average molecular weight is 264 g/mol. The summed E-state index contributed by atoms with van der Waals surface area (Å²) in [5.41, 5.74) is -0.0102. The third-order valence-corrected chi connectivity index (χ3v) is 3.21. The summed E-state index contributed by atoms with van der Waals surface area (Å²) in [5.74, 6) is 0.800. The molecule has 1 aromatic rings. The lowest BCUT2D eigenvalue weighted by molar-refractivity contribution is -0.385. The van der Waals surface area contributed by atoms with Crippen LogP contribution < -0.4 is 4.90 Å². The Morgan fingerprint density at radius 3 is 2.68 bits per heavy atom. The Kier molecular flexibility index (Phi) is 3.94. The summed E-state index contributed by atoms with van der Waals surface area (Å²) in [6.07, 6.45) is 2.14. The second-order valence-electron chi connectivity index (χ2n) is 4.48. The summed E-state index contributed by atoms with van der Waals surface area (Å²) in [7, 11) is 0. The molecule has 1 amide bonds. The molecule has 7 heteroatoms. The molecule has 102 valence electrons. The topological polar surface area (TPSA) is 79.6 Å². The van der Waals surface area contributed by atoms with E-state index in [0.717, 1.165) is 25.3 Å².